The third-order valence-corrected chi connectivity index (χ3v) is 1.50. The van der Waals surface area contributed by atoms with E-state index in [1.165, 1.54) is 0 Å². The molecule has 0 heterocycles. The molecule has 16 heavy (non-hydrogen) atoms. The molecule has 0 saturated carbocycles. The van der Waals surface area contributed by atoms with Crippen LogP contribution in [0.15, 0.2) is 36.5 Å². The Labute approximate surface area is 117 Å². The number of hydrogen-bond acceptors (Lipinski definition) is 0. The van der Waals surface area contributed by atoms with E-state index in [1.54, 1.807) is 0 Å². The van der Waals surface area contributed by atoms with Gasteiger partial charge in [0, 0.05) is 0 Å². The van der Waals surface area contributed by atoms with Crippen molar-refractivity contribution in [2.24, 2.45) is 0 Å². The van der Waals surface area contributed by atoms with Gasteiger partial charge in [0.15, 0.2) is 0 Å². The summed E-state index contributed by atoms with van der Waals surface area (Å²) < 4.78 is 0. The maximum Gasteiger partial charge on any atom is 3.00 e. The van der Waals surface area contributed by atoms with Gasteiger partial charge in [-0.15, -0.1) is 0 Å². The van der Waals surface area contributed by atoms with Crippen molar-refractivity contribution in [2.75, 3.05) is 0 Å². The maximum atomic E-state index is 3.56. The van der Waals surface area contributed by atoms with Crippen molar-refractivity contribution in [2.45, 2.75) is 40.0 Å². The van der Waals surface area contributed by atoms with Gasteiger partial charge in [-0.25, -0.2) is 57.2 Å². The third kappa shape index (κ3) is 70.2. The molecule has 0 bridgehead atoms. The Bertz CT molecular complexity index is 145. The quantitative estimate of drug-likeness (QED) is 0.486. The first-order valence-electron chi connectivity index (χ1n) is 5.30. The maximum absolute atomic E-state index is 3.56. The molecule has 0 aliphatic rings. The van der Waals surface area contributed by atoms with Crippen molar-refractivity contribution in [3.8, 4) is 0 Å². The molecule has 1 radical (unpaired) electrons. The summed E-state index contributed by atoms with van der Waals surface area (Å²) >= 11 is 0. The van der Waals surface area contributed by atoms with Gasteiger partial charge in [0.1, 0.15) is 0 Å². The van der Waals surface area contributed by atoms with Gasteiger partial charge in [-0.3, -0.25) is 0 Å². The largest absolute Gasteiger partial charge is 3.00 e. The first-order valence-corrected chi connectivity index (χ1v) is 5.30. The predicted molar refractivity (Wildman–Crippen MR) is 74.4 cm³/mol. The molecule has 95 valence electrons. The van der Waals surface area contributed by atoms with Crippen molar-refractivity contribution < 1.29 is 19.5 Å². The van der Waals surface area contributed by atoms with Crippen LogP contribution in [0.4, 0.5) is 0 Å². The van der Waals surface area contributed by atoms with Crippen molar-refractivity contribution >= 4 is 0 Å². The van der Waals surface area contributed by atoms with Crippen LogP contribution in [0.3, 0.4) is 0 Å². The molecule has 0 unspecified atom stereocenters. The average molecular weight is 308 g/mol. The van der Waals surface area contributed by atoms with E-state index in [-0.39, 0.29) is 19.5 Å². The topological polar surface area (TPSA) is 0 Å². The summed E-state index contributed by atoms with van der Waals surface area (Å²) in [6, 6.07) is 0. The SMILES string of the molecule is C=C([CH2-])CC.C=C([CH2-])CC.C=C([CH2-])CC.[Ru+3]. The van der Waals surface area contributed by atoms with Gasteiger partial charge in [-0.1, -0.05) is 40.0 Å². The van der Waals surface area contributed by atoms with Gasteiger partial charge in [0.25, 0.3) is 0 Å². The van der Waals surface area contributed by atoms with E-state index in [9.17, 15) is 0 Å². The summed E-state index contributed by atoms with van der Waals surface area (Å²) in [6.45, 7) is 27.5. The molecule has 0 nitrogen and oxygen atoms in total. The van der Waals surface area contributed by atoms with Crippen LogP contribution in [-0.2, 0) is 19.5 Å². The molecule has 0 N–H and O–H groups in total. The molecule has 0 saturated heterocycles. The molecule has 1 heteroatoms. The Kier molecular flexibility index (Phi) is 30.7. The second kappa shape index (κ2) is 19.9. The minimum atomic E-state index is 0. The Morgan fingerprint density at radius 3 is 0.750 bits per heavy atom. The van der Waals surface area contributed by atoms with Crippen molar-refractivity contribution in [1.29, 1.82) is 0 Å². The normalized spacial score (nSPS) is 6.94. The molecule has 0 rings (SSSR count). The van der Waals surface area contributed by atoms with Crippen LogP contribution in [0.25, 0.3) is 0 Å². The van der Waals surface area contributed by atoms with E-state index in [0.29, 0.717) is 0 Å². The Hall–Kier alpha value is -0.547. The number of hydrogen-bond donors (Lipinski definition) is 0. The first-order chi connectivity index (χ1) is 6.81. The average Bonchev–Trinajstić information content (AvgIpc) is 2.19. The van der Waals surface area contributed by atoms with Gasteiger partial charge in [0.2, 0.25) is 0 Å². The molecule has 0 spiro atoms. The van der Waals surface area contributed by atoms with Gasteiger partial charge in [-0.05, 0) is 0 Å². The second-order valence-electron chi connectivity index (χ2n) is 3.31. The van der Waals surface area contributed by atoms with Gasteiger partial charge in [-0.2, -0.15) is 0 Å². The van der Waals surface area contributed by atoms with Crippen molar-refractivity contribution in [3.05, 3.63) is 57.2 Å². The van der Waals surface area contributed by atoms with Crippen LogP contribution in [0.2, 0.25) is 0 Å². The van der Waals surface area contributed by atoms with E-state index in [0.717, 1.165) is 36.0 Å². The van der Waals surface area contributed by atoms with E-state index in [4.69, 9.17) is 0 Å². The van der Waals surface area contributed by atoms with Crippen LogP contribution < -0.4 is 0 Å². The molecule has 0 fully saturated rings. The molecule has 0 aromatic heterocycles. The number of allylic oxidation sites excluding steroid dienone is 3. The van der Waals surface area contributed by atoms with Crippen LogP contribution in [-0.4, -0.2) is 0 Å². The summed E-state index contributed by atoms with van der Waals surface area (Å²) in [6.07, 6.45) is 3.00. The molecule has 0 aliphatic carbocycles. The van der Waals surface area contributed by atoms with E-state index in [2.05, 4.69) is 40.5 Å². The Morgan fingerprint density at radius 1 is 0.688 bits per heavy atom. The monoisotopic (exact) mass is 309 g/mol. The zero-order chi connectivity index (χ0) is 12.9. The third-order valence-electron chi connectivity index (χ3n) is 1.50. The summed E-state index contributed by atoms with van der Waals surface area (Å²) in [4.78, 5) is 0. The first kappa shape index (κ1) is 24.6. The van der Waals surface area contributed by atoms with Gasteiger partial charge < -0.3 is 0 Å². The van der Waals surface area contributed by atoms with Crippen LogP contribution in [0.1, 0.15) is 40.0 Å². The minimum absolute atomic E-state index is 0. The summed E-state index contributed by atoms with van der Waals surface area (Å²) in [5.74, 6) is 0. The predicted octanol–water partition coefficient (Wildman–Crippen LogP) is 5.36. The van der Waals surface area contributed by atoms with E-state index >= 15 is 0 Å². The molecule has 0 aliphatic heterocycles. The molecule has 0 amide bonds. The molecule has 0 aromatic rings. The van der Waals surface area contributed by atoms with Crippen LogP contribution in [0.5, 0.6) is 0 Å². The van der Waals surface area contributed by atoms with Crippen molar-refractivity contribution in [3.63, 3.8) is 0 Å². The van der Waals surface area contributed by atoms with Gasteiger partial charge in [0.05, 0.1) is 0 Å². The summed E-state index contributed by atoms with van der Waals surface area (Å²) in [5, 5.41) is 0. The fourth-order valence-electron chi connectivity index (χ4n) is 0. The van der Waals surface area contributed by atoms with E-state index in [1.807, 2.05) is 20.8 Å². The Balaban J connectivity index is -0.0000000655. The van der Waals surface area contributed by atoms with Crippen LogP contribution >= 0.6 is 0 Å². The van der Waals surface area contributed by atoms with Gasteiger partial charge >= 0.3 is 19.5 Å². The molecule has 0 atom stereocenters. The zero-order valence-corrected chi connectivity index (χ0v) is 13.0. The minimum Gasteiger partial charge on any atom is -0.242 e. The van der Waals surface area contributed by atoms with Crippen LogP contribution in [0, 0.1) is 20.8 Å². The fourth-order valence-corrected chi connectivity index (χ4v) is 0. The molecular formula is C15H27Ru. The molecular weight excluding hydrogens is 281 g/mol. The summed E-state index contributed by atoms with van der Waals surface area (Å²) in [7, 11) is 0. The zero-order valence-electron chi connectivity index (χ0n) is 11.2. The van der Waals surface area contributed by atoms with E-state index < -0.39 is 0 Å². The second-order valence-corrected chi connectivity index (χ2v) is 3.31. The fraction of sp³-hybridized carbons (Fsp3) is 0.400. The number of rotatable bonds is 3. The van der Waals surface area contributed by atoms with Crippen molar-refractivity contribution in [1.82, 2.24) is 0 Å². The Morgan fingerprint density at radius 2 is 0.750 bits per heavy atom. The smallest absolute Gasteiger partial charge is 0.242 e. The standard InChI is InChI=1S/3C5H9.Ru/c3*1-4-5(2)3;/h3*2-4H2,1H3;/q3*-1;+3. The molecule has 0 aromatic carbocycles. The summed E-state index contributed by atoms with van der Waals surface area (Å²) in [5.41, 5.74) is 3.01.